The molecule has 0 aromatic heterocycles. The average Bonchev–Trinajstić information content (AvgIpc) is 1.89. The predicted molar refractivity (Wildman–Crippen MR) is 37.5 cm³/mol. The third kappa shape index (κ3) is 4.53. The lowest BCUT2D eigenvalue weighted by molar-refractivity contribution is 1.02. The standard InChI is InChI=1S/C9H7/c1-4-6-7-8-9(3)5-2/h1,9H,6H2,3H3. The summed E-state index contributed by atoms with van der Waals surface area (Å²) in [5.41, 5.74) is 0. The molecule has 0 heterocycles. The summed E-state index contributed by atoms with van der Waals surface area (Å²) in [5.74, 6) is 9.99. The topological polar surface area (TPSA) is 0 Å². The van der Waals surface area contributed by atoms with E-state index in [2.05, 4.69) is 23.7 Å². The molecule has 0 nitrogen and oxygen atoms in total. The third-order valence-corrected chi connectivity index (χ3v) is 0.726. The quantitative estimate of drug-likeness (QED) is 0.417. The van der Waals surface area contributed by atoms with Gasteiger partial charge in [-0.2, -0.15) is 0 Å². The Morgan fingerprint density at radius 2 is 2.33 bits per heavy atom. The molecule has 0 saturated carbocycles. The fraction of sp³-hybridized carbons (Fsp3) is 0.333. The molecule has 0 rings (SSSR count). The van der Waals surface area contributed by atoms with Gasteiger partial charge >= 0.3 is 0 Å². The summed E-state index contributed by atoms with van der Waals surface area (Å²) in [5, 5.41) is 0. The molecule has 0 bridgehead atoms. The minimum Gasteiger partial charge on any atom is -0.119 e. The van der Waals surface area contributed by atoms with Crippen molar-refractivity contribution in [1.82, 2.24) is 0 Å². The lowest BCUT2D eigenvalue weighted by Crippen LogP contribution is -1.80. The minimum atomic E-state index is -0.0849. The number of rotatable bonds is 0. The first kappa shape index (κ1) is 7.68. The molecule has 0 aromatic carbocycles. The van der Waals surface area contributed by atoms with Gasteiger partial charge in [-0.1, -0.05) is 23.7 Å². The van der Waals surface area contributed by atoms with E-state index in [0.717, 1.165) is 0 Å². The van der Waals surface area contributed by atoms with Crippen molar-refractivity contribution in [2.75, 3.05) is 0 Å². The summed E-state index contributed by atoms with van der Waals surface area (Å²) in [7, 11) is 0. The van der Waals surface area contributed by atoms with E-state index in [-0.39, 0.29) is 5.92 Å². The summed E-state index contributed by atoms with van der Waals surface area (Å²) >= 11 is 0. The largest absolute Gasteiger partial charge is 0.119 e. The molecular formula is C9H7. The molecule has 0 N–H and O–H groups in total. The van der Waals surface area contributed by atoms with E-state index in [1.54, 1.807) is 6.92 Å². The van der Waals surface area contributed by atoms with Crippen molar-refractivity contribution in [2.24, 2.45) is 5.92 Å². The molecule has 0 aliphatic rings. The lowest BCUT2D eigenvalue weighted by atomic mass is 10.2. The molecular weight excluding hydrogens is 108 g/mol. The van der Waals surface area contributed by atoms with Crippen LogP contribution in [0.2, 0.25) is 0 Å². The Kier molecular flexibility index (Phi) is 4.12. The highest BCUT2D eigenvalue weighted by atomic mass is 13.8. The molecule has 1 unspecified atom stereocenters. The predicted octanol–water partition coefficient (Wildman–Crippen LogP) is 1.24. The molecule has 0 amide bonds. The monoisotopic (exact) mass is 115 g/mol. The second kappa shape index (κ2) is 4.83. The van der Waals surface area contributed by atoms with Gasteiger partial charge in [-0.3, -0.25) is 0 Å². The van der Waals surface area contributed by atoms with E-state index in [1.165, 1.54) is 0 Å². The van der Waals surface area contributed by atoms with E-state index in [9.17, 15) is 0 Å². The fourth-order valence-corrected chi connectivity index (χ4v) is 0.291. The number of terminal acetylenes is 1. The van der Waals surface area contributed by atoms with Crippen LogP contribution in [0.1, 0.15) is 13.3 Å². The van der Waals surface area contributed by atoms with Crippen LogP contribution in [-0.2, 0) is 0 Å². The van der Waals surface area contributed by atoms with Crippen LogP contribution in [0.5, 0.6) is 0 Å². The van der Waals surface area contributed by atoms with Crippen molar-refractivity contribution in [3.8, 4) is 30.1 Å². The Morgan fingerprint density at radius 3 is 2.78 bits per heavy atom. The van der Waals surface area contributed by atoms with Crippen LogP contribution < -0.4 is 0 Å². The molecule has 0 heteroatoms. The smallest absolute Gasteiger partial charge is 0.0794 e. The Balaban J connectivity index is 3.65. The van der Waals surface area contributed by atoms with Crippen molar-refractivity contribution in [1.29, 1.82) is 0 Å². The molecule has 0 spiro atoms. The van der Waals surface area contributed by atoms with Crippen LogP contribution in [-0.4, -0.2) is 0 Å². The second-order valence-electron chi connectivity index (χ2n) is 1.57. The zero-order chi connectivity index (χ0) is 7.11. The van der Waals surface area contributed by atoms with Crippen molar-refractivity contribution in [3.63, 3.8) is 0 Å². The lowest BCUT2D eigenvalue weighted by Gasteiger charge is -1.83. The van der Waals surface area contributed by atoms with E-state index in [1.807, 2.05) is 0 Å². The van der Waals surface area contributed by atoms with Crippen LogP contribution in [0.4, 0.5) is 0 Å². The summed E-state index contributed by atoms with van der Waals surface area (Å²) in [6, 6.07) is 0. The summed E-state index contributed by atoms with van der Waals surface area (Å²) in [6.45, 7) is 1.80. The Hall–Kier alpha value is -1.32. The number of hydrogen-bond donors (Lipinski definition) is 0. The molecule has 0 aromatic rings. The highest BCUT2D eigenvalue weighted by Crippen LogP contribution is 1.86. The molecule has 0 aliphatic carbocycles. The Labute approximate surface area is 56.7 Å². The average molecular weight is 115 g/mol. The van der Waals surface area contributed by atoms with Crippen molar-refractivity contribution >= 4 is 0 Å². The molecule has 0 saturated heterocycles. The van der Waals surface area contributed by atoms with Crippen LogP contribution in [0.25, 0.3) is 0 Å². The van der Waals surface area contributed by atoms with Crippen LogP contribution in [0, 0.1) is 42.4 Å². The van der Waals surface area contributed by atoms with Gasteiger partial charge in [0.25, 0.3) is 0 Å². The highest BCUT2D eigenvalue weighted by molar-refractivity contribution is 5.14. The van der Waals surface area contributed by atoms with Gasteiger partial charge in [-0.05, 0) is 13.3 Å². The maximum atomic E-state index is 6.64. The van der Waals surface area contributed by atoms with E-state index in [0.29, 0.717) is 6.42 Å². The maximum Gasteiger partial charge on any atom is 0.0794 e. The van der Waals surface area contributed by atoms with Crippen molar-refractivity contribution in [3.05, 3.63) is 6.42 Å². The molecule has 1 atom stereocenters. The molecule has 0 fully saturated rings. The first-order valence-electron chi connectivity index (χ1n) is 2.65. The van der Waals surface area contributed by atoms with Crippen LogP contribution in [0.3, 0.4) is 0 Å². The normalized spacial score (nSPS) is 9.67. The number of hydrogen-bond acceptors (Lipinski definition) is 0. The van der Waals surface area contributed by atoms with Gasteiger partial charge in [0.05, 0.1) is 12.3 Å². The molecule has 9 heavy (non-hydrogen) atoms. The van der Waals surface area contributed by atoms with Gasteiger partial charge in [0.1, 0.15) is 0 Å². The van der Waals surface area contributed by atoms with Gasteiger partial charge in [0, 0.05) is 0 Å². The molecule has 43 valence electrons. The van der Waals surface area contributed by atoms with E-state index >= 15 is 0 Å². The van der Waals surface area contributed by atoms with Gasteiger partial charge in [-0.15, -0.1) is 6.42 Å². The molecule has 1 radical (unpaired) electrons. The molecule has 0 aliphatic heterocycles. The summed E-state index contributed by atoms with van der Waals surface area (Å²) < 4.78 is 0. The first-order valence-corrected chi connectivity index (χ1v) is 2.65. The Bertz CT molecular complexity index is 199. The van der Waals surface area contributed by atoms with E-state index in [4.69, 9.17) is 12.8 Å². The fourth-order valence-electron chi connectivity index (χ4n) is 0.291. The van der Waals surface area contributed by atoms with Crippen LogP contribution in [0.15, 0.2) is 0 Å². The third-order valence-electron chi connectivity index (χ3n) is 0.726. The van der Waals surface area contributed by atoms with Gasteiger partial charge < -0.3 is 0 Å². The van der Waals surface area contributed by atoms with E-state index < -0.39 is 0 Å². The first-order chi connectivity index (χ1) is 4.31. The van der Waals surface area contributed by atoms with Gasteiger partial charge in [0.2, 0.25) is 0 Å². The van der Waals surface area contributed by atoms with Crippen molar-refractivity contribution in [2.45, 2.75) is 13.3 Å². The zero-order valence-electron chi connectivity index (χ0n) is 5.36. The highest BCUT2D eigenvalue weighted by Gasteiger charge is 1.83. The minimum absolute atomic E-state index is 0.0849. The SMILES string of the molecule is [C]#CC(C)C#CCC#C. The van der Waals surface area contributed by atoms with Gasteiger partial charge in [-0.25, -0.2) is 0 Å². The van der Waals surface area contributed by atoms with Crippen LogP contribution >= 0.6 is 0 Å². The zero-order valence-corrected chi connectivity index (χ0v) is 5.36. The summed E-state index contributed by atoms with van der Waals surface area (Å²) in [4.78, 5) is 0. The second-order valence-corrected chi connectivity index (χ2v) is 1.57. The van der Waals surface area contributed by atoms with Gasteiger partial charge in [0.15, 0.2) is 0 Å². The summed E-state index contributed by atoms with van der Waals surface area (Å²) in [6.07, 6.45) is 12.0. The van der Waals surface area contributed by atoms with Crippen molar-refractivity contribution < 1.29 is 0 Å². The Morgan fingerprint density at radius 1 is 1.67 bits per heavy atom. The maximum absolute atomic E-state index is 6.64.